The van der Waals surface area contributed by atoms with Crippen LogP contribution in [0.3, 0.4) is 0 Å². The topological polar surface area (TPSA) is 0 Å². The lowest BCUT2D eigenvalue weighted by Crippen LogP contribution is -1.90. The van der Waals surface area contributed by atoms with Crippen molar-refractivity contribution in [2.75, 3.05) is 0 Å². The molecule has 0 bridgehead atoms. The van der Waals surface area contributed by atoms with E-state index in [0.717, 1.165) is 0 Å². The Morgan fingerprint density at radius 3 is 0.944 bits per heavy atom. The van der Waals surface area contributed by atoms with Crippen LogP contribution in [0, 0.1) is 0 Å². The largest absolute Gasteiger partial charge is 0.0616 e. The molecule has 54 heavy (non-hydrogen) atoms. The molecule has 0 aliphatic rings. The van der Waals surface area contributed by atoms with E-state index in [2.05, 4.69) is 206 Å². The first-order valence-corrected chi connectivity index (χ1v) is 18.8. The van der Waals surface area contributed by atoms with Gasteiger partial charge in [-0.2, -0.15) is 0 Å². The molecule has 0 fully saturated rings. The van der Waals surface area contributed by atoms with Gasteiger partial charge in [0, 0.05) is 0 Å². The monoisotopic (exact) mass is 682 g/mol. The smallest absolute Gasteiger partial charge is 0.00204 e. The second kappa shape index (κ2) is 12.3. The quantitative estimate of drug-likeness (QED) is 0.162. The Hall–Kier alpha value is -7.02. The number of benzene rings is 11. The second-order valence-electron chi connectivity index (χ2n) is 14.4. The first kappa shape index (κ1) is 30.6. The number of rotatable bonds is 4. The van der Waals surface area contributed by atoms with Gasteiger partial charge >= 0.3 is 0 Å². The van der Waals surface area contributed by atoms with Crippen LogP contribution >= 0.6 is 0 Å². The van der Waals surface area contributed by atoms with E-state index < -0.39 is 0 Å². The molecular formula is C54H34. The van der Waals surface area contributed by atoms with Gasteiger partial charge < -0.3 is 0 Å². The Balaban J connectivity index is 1.11. The maximum Gasteiger partial charge on any atom is -0.00204 e. The summed E-state index contributed by atoms with van der Waals surface area (Å²) in [5.41, 5.74) is 9.99. The Morgan fingerprint density at radius 2 is 0.500 bits per heavy atom. The molecule has 0 radical (unpaired) electrons. The number of fused-ring (bicyclic) bond motifs is 8. The molecule has 0 saturated heterocycles. The molecule has 0 aliphatic carbocycles. The highest BCUT2D eigenvalue weighted by Gasteiger charge is 2.17. The van der Waals surface area contributed by atoms with Crippen LogP contribution in [0.15, 0.2) is 206 Å². The summed E-state index contributed by atoms with van der Waals surface area (Å²) in [6, 6.07) is 76.1. The Morgan fingerprint density at radius 1 is 0.185 bits per heavy atom. The van der Waals surface area contributed by atoms with Gasteiger partial charge in [-0.3, -0.25) is 0 Å². The summed E-state index contributed by atoms with van der Waals surface area (Å²) in [6.45, 7) is 0. The minimum atomic E-state index is 1.21. The van der Waals surface area contributed by atoms with E-state index in [1.807, 2.05) is 0 Å². The zero-order valence-electron chi connectivity index (χ0n) is 29.6. The summed E-state index contributed by atoms with van der Waals surface area (Å²) in [5.74, 6) is 0. The van der Waals surface area contributed by atoms with Gasteiger partial charge in [-0.1, -0.05) is 194 Å². The molecule has 0 spiro atoms. The van der Waals surface area contributed by atoms with Gasteiger partial charge in [0.2, 0.25) is 0 Å². The van der Waals surface area contributed by atoms with E-state index in [9.17, 15) is 0 Å². The van der Waals surface area contributed by atoms with Crippen LogP contribution in [-0.4, -0.2) is 0 Å². The fourth-order valence-corrected chi connectivity index (χ4v) is 8.98. The molecule has 0 aliphatic heterocycles. The van der Waals surface area contributed by atoms with Crippen molar-refractivity contribution in [1.82, 2.24) is 0 Å². The number of hydrogen-bond donors (Lipinski definition) is 0. The molecule has 0 heteroatoms. The minimum Gasteiger partial charge on any atom is -0.0616 e. The molecule has 11 aromatic carbocycles. The fourth-order valence-electron chi connectivity index (χ4n) is 8.98. The van der Waals surface area contributed by atoms with E-state index in [1.165, 1.54) is 109 Å². The molecule has 0 nitrogen and oxygen atoms in total. The predicted molar refractivity (Wildman–Crippen MR) is 233 cm³/mol. The van der Waals surface area contributed by atoms with Crippen molar-refractivity contribution in [1.29, 1.82) is 0 Å². The lowest BCUT2D eigenvalue weighted by molar-refractivity contribution is 1.63. The Labute approximate surface area is 314 Å². The maximum atomic E-state index is 2.38. The molecule has 250 valence electrons. The van der Waals surface area contributed by atoms with Crippen molar-refractivity contribution in [2.45, 2.75) is 0 Å². The van der Waals surface area contributed by atoms with Crippen molar-refractivity contribution < 1.29 is 0 Å². The molecule has 0 heterocycles. The summed E-state index contributed by atoms with van der Waals surface area (Å²) < 4.78 is 0. The van der Waals surface area contributed by atoms with Crippen LogP contribution in [0.5, 0.6) is 0 Å². The predicted octanol–water partition coefficient (Wildman–Crippen LogP) is 15.3. The first-order valence-electron chi connectivity index (χ1n) is 18.8. The van der Waals surface area contributed by atoms with E-state index in [4.69, 9.17) is 0 Å². The van der Waals surface area contributed by atoms with Crippen molar-refractivity contribution >= 4 is 64.6 Å². The molecule has 11 rings (SSSR count). The molecule has 0 amide bonds. The van der Waals surface area contributed by atoms with Crippen LogP contribution < -0.4 is 0 Å². The molecule has 0 atom stereocenters. The van der Waals surface area contributed by atoms with Gasteiger partial charge in [-0.15, -0.1) is 0 Å². The van der Waals surface area contributed by atoms with Gasteiger partial charge in [0.25, 0.3) is 0 Å². The highest BCUT2D eigenvalue weighted by molar-refractivity contribution is 6.22. The first-order chi connectivity index (χ1) is 26.8. The third kappa shape index (κ3) is 4.78. The van der Waals surface area contributed by atoms with Gasteiger partial charge in [0.05, 0.1) is 0 Å². The van der Waals surface area contributed by atoms with Crippen LogP contribution in [0.4, 0.5) is 0 Å². The van der Waals surface area contributed by atoms with Gasteiger partial charge in [0.15, 0.2) is 0 Å². The second-order valence-corrected chi connectivity index (χ2v) is 14.4. The Bertz CT molecular complexity index is 3020. The average Bonchev–Trinajstić information content (AvgIpc) is 3.25. The SMILES string of the molecule is c1ccc2c(-c3cccc4c(-c5ccc(-c6cc7ccccc7c7c(-c8cccc9ccccc89)cccc67)cc5)cc5ccccc5c34)cccc2c1. The average molecular weight is 683 g/mol. The zero-order valence-corrected chi connectivity index (χ0v) is 29.6. The molecular weight excluding hydrogens is 649 g/mol. The summed E-state index contributed by atoms with van der Waals surface area (Å²) in [5, 5.41) is 15.3. The third-order valence-corrected chi connectivity index (χ3v) is 11.4. The van der Waals surface area contributed by atoms with Gasteiger partial charge in [-0.25, -0.2) is 0 Å². The standard InChI is InChI=1S/C54H34/c1-5-19-41-35(13-1)17-9-23-45(41)47-25-11-27-49-51(33-39-15-3-7-21-43(39)53(47)49)37-29-31-38(32-30-37)52-34-40-16-4-8-22-44(40)54-48(26-12-28-50(52)54)46-24-10-18-36-14-2-6-20-42(36)46/h1-34H. The molecule has 11 aromatic rings. The van der Waals surface area contributed by atoms with Crippen molar-refractivity contribution in [2.24, 2.45) is 0 Å². The minimum absolute atomic E-state index is 1.21. The van der Waals surface area contributed by atoms with E-state index in [0.29, 0.717) is 0 Å². The Kier molecular flexibility index (Phi) is 6.97. The zero-order chi connectivity index (χ0) is 35.6. The molecule has 0 N–H and O–H groups in total. The summed E-state index contributed by atoms with van der Waals surface area (Å²) in [6.07, 6.45) is 0. The van der Waals surface area contributed by atoms with Crippen LogP contribution in [0.2, 0.25) is 0 Å². The molecule has 0 aromatic heterocycles. The van der Waals surface area contributed by atoms with Crippen molar-refractivity contribution in [3.05, 3.63) is 206 Å². The van der Waals surface area contributed by atoms with Crippen molar-refractivity contribution in [3.8, 4) is 44.5 Å². The van der Waals surface area contributed by atoms with Crippen molar-refractivity contribution in [3.63, 3.8) is 0 Å². The lowest BCUT2D eigenvalue weighted by atomic mass is 9.86. The highest BCUT2D eigenvalue weighted by Crippen LogP contribution is 2.44. The van der Waals surface area contributed by atoms with Gasteiger partial charge in [-0.05, 0) is 121 Å². The van der Waals surface area contributed by atoms with Gasteiger partial charge in [0.1, 0.15) is 0 Å². The van der Waals surface area contributed by atoms with E-state index in [1.54, 1.807) is 0 Å². The molecule has 0 unspecified atom stereocenters. The maximum absolute atomic E-state index is 2.38. The van der Waals surface area contributed by atoms with E-state index >= 15 is 0 Å². The summed E-state index contributed by atoms with van der Waals surface area (Å²) in [4.78, 5) is 0. The van der Waals surface area contributed by atoms with E-state index in [-0.39, 0.29) is 0 Å². The third-order valence-electron chi connectivity index (χ3n) is 11.4. The molecule has 0 saturated carbocycles. The highest BCUT2D eigenvalue weighted by atomic mass is 14.2. The fraction of sp³-hybridized carbons (Fsp3) is 0. The van der Waals surface area contributed by atoms with Crippen LogP contribution in [0.25, 0.3) is 109 Å². The number of hydrogen-bond acceptors (Lipinski definition) is 0. The summed E-state index contributed by atoms with van der Waals surface area (Å²) >= 11 is 0. The summed E-state index contributed by atoms with van der Waals surface area (Å²) in [7, 11) is 0. The van der Waals surface area contributed by atoms with Crippen LogP contribution in [-0.2, 0) is 0 Å². The lowest BCUT2D eigenvalue weighted by Gasteiger charge is -2.17. The normalized spacial score (nSPS) is 11.7. The van der Waals surface area contributed by atoms with Crippen LogP contribution in [0.1, 0.15) is 0 Å².